The Hall–Kier alpha value is 0.190. The normalized spacial score (nSPS) is 27.7. The highest BCUT2D eigenvalue weighted by molar-refractivity contribution is 8.00. The van der Waals surface area contributed by atoms with Crippen molar-refractivity contribution in [1.29, 1.82) is 0 Å². The van der Waals surface area contributed by atoms with Crippen molar-refractivity contribution in [2.45, 2.75) is 82.2 Å². The van der Waals surface area contributed by atoms with Gasteiger partial charge in [0, 0.05) is 26.9 Å². The molecule has 1 unspecified atom stereocenters. The molecule has 0 aromatic rings. The summed E-state index contributed by atoms with van der Waals surface area (Å²) in [5.74, 6) is 0. The van der Waals surface area contributed by atoms with Gasteiger partial charge in [-0.1, -0.05) is 40.0 Å². The van der Waals surface area contributed by atoms with Gasteiger partial charge in [-0.2, -0.15) is 0 Å². The summed E-state index contributed by atoms with van der Waals surface area (Å²) >= 11 is 1.80. The minimum atomic E-state index is 0.00758. The summed E-state index contributed by atoms with van der Waals surface area (Å²) in [6, 6.07) is 0. The molecule has 1 rings (SSSR count). The predicted molar refractivity (Wildman–Crippen MR) is 97.2 cm³/mol. The number of hydrogen-bond acceptors (Lipinski definition) is 5. The maximum atomic E-state index is 6.18. The van der Waals surface area contributed by atoms with Gasteiger partial charge in [0.25, 0.3) is 0 Å². The van der Waals surface area contributed by atoms with Crippen LogP contribution in [0.4, 0.5) is 0 Å². The Labute approximate surface area is 147 Å². The van der Waals surface area contributed by atoms with Gasteiger partial charge in [0.15, 0.2) is 0 Å². The van der Waals surface area contributed by atoms with Crippen LogP contribution in [0.15, 0.2) is 0 Å². The van der Waals surface area contributed by atoms with E-state index in [0.717, 1.165) is 65.0 Å². The molecule has 0 radical (unpaired) electrons. The Bertz CT molecular complexity index is 278. The monoisotopic (exact) mass is 348 g/mol. The van der Waals surface area contributed by atoms with Gasteiger partial charge in [0.05, 0.1) is 11.9 Å². The van der Waals surface area contributed by atoms with Crippen LogP contribution in [0, 0.1) is 0 Å². The van der Waals surface area contributed by atoms with Gasteiger partial charge < -0.3 is 18.9 Å². The van der Waals surface area contributed by atoms with E-state index in [9.17, 15) is 0 Å². The van der Waals surface area contributed by atoms with Gasteiger partial charge in [0.1, 0.15) is 17.6 Å². The second kappa shape index (κ2) is 13.5. The highest BCUT2D eigenvalue weighted by Crippen LogP contribution is 2.38. The molecule has 1 aliphatic rings. The zero-order chi connectivity index (χ0) is 16.9. The Balaban J connectivity index is 2.57. The van der Waals surface area contributed by atoms with Crippen LogP contribution in [0.3, 0.4) is 0 Å². The van der Waals surface area contributed by atoms with Crippen LogP contribution in [0.5, 0.6) is 0 Å². The molecule has 0 N–H and O–H groups in total. The number of ether oxygens (including phenoxy) is 4. The number of thioether (sulfide) groups is 1. The average Bonchev–Trinajstić information content (AvgIpc) is 2.89. The largest absolute Gasteiger partial charge is 0.380 e. The summed E-state index contributed by atoms with van der Waals surface area (Å²) in [7, 11) is 1.76. The minimum Gasteiger partial charge on any atom is -0.380 e. The lowest BCUT2D eigenvalue weighted by Gasteiger charge is -2.26. The molecule has 23 heavy (non-hydrogen) atoms. The van der Waals surface area contributed by atoms with Crippen molar-refractivity contribution in [2.75, 3.05) is 33.5 Å². The van der Waals surface area contributed by atoms with Crippen molar-refractivity contribution in [3.05, 3.63) is 0 Å². The van der Waals surface area contributed by atoms with E-state index in [-0.39, 0.29) is 17.6 Å². The van der Waals surface area contributed by atoms with Gasteiger partial charge in [-0.05, 0) is 19.3 Å². The van der Waals surface area contributed by atoms with Crippen LogP contribution < -0.4 is 0 Å². The minimum absolute atomic E-state index is 0.00758. The van der Waals surface area contributed by atoms with Crippen LogP contribution in [-0.2, 0) is 18.9 Å². The van der Waals surface area contributed by atoms with Crippen molar-refractivity contribution >= 4 is 11.8 Å². The molecule has 138 valence electrons. The summed E-state index contributed by atoms with van der Waals surface area (Å²) in [6.07, 6.45) is 6.80. The molecule has 1 heterocycles. The fraction of sp³-hybridized carbons (Fsp3) is 1.00. The fourth-order valence-electron chi connectivity index (χ4n) is 2.57. The van der Waals surface area contributed by atoms with E-state index in [1.54, 1.807) is 18.9 Å². The topological polar surface area (TPSA) is 36.9 Å². The first-order valence-electron chi connectivity index (χ1n) is 9.27. The lowest BCUT2D eigenvalue weighted by molar-refractivity contribution is -0.103. The SMILES string of the molecule is CCCCOC[C@H]1SC(OC)[C@@H](OCCCC)[C@@H]1OCCCC. The van der Waals surface area contributed by atoms with Gasteiger partial charge in [-0.15, -0.1) is 11.8 Å². The first-order chi connectivity index (χ1) is 11.3. The Morgan fingerprint density at radius 3 is 1.91 bits per heavy atom. The number of methoxy groups -OCH3 is 1. The van der Waals surface area contributed by atoms with E-state index >= 15 is 0 Å². The third kappa shape index (κ3) is 7.74. The molecule has 4 nitrogen and oxygen atoms in total. The molecule has 4 atom stereocenters. The lowest BCUT2D eigenvalue weighted by atomic mass is 10.1. The first kappa shape index (κ1) is 21.2. The molecule has 0 spiro atoms. The summed E-state index contributed by atoms with van der Waals surface area (Å²) in [5, 5.41) is 0.292. The maximum absolute atomic E-state index is 6.18. The highest BCUT2D eigenvalue weighted by atomic mass is 32.2. The first-order valence-corrected chi connectivity index (χ1v) is 10.2. The summed E-state index contributed by atoms with van der Waals surface area (Å²) in [4.78, 5) is 0. The van der Waals surface area contributed by atoms with E-state index < -0.39 is 0 Å². The molecule has 0 aliphatic carbocycles. The van der Waals surface area contributed by atoms with Gasteiger partial charge in [-0.25, -0.2) is 0 Å². The molecular formula is C18H36O4S. The molecule has 0 aromatic heterocycles. The highest BCUT2D eigenvalue weighted by Gasteiger charge is 2.46. The van der Waals surface area contributed by atoms with Crippen LogP contribution in [-0.4, -0.2) is 56.4 Å². The second-order valence-corrected chi connectivity index (χ2v) is 7.43. The number of unbranched alkanes of at least 4 members (excludes halogenated alkanes) is 3. The van der Waals surface area contributed by atoms with Crippen molar-refractivity contribution in [3.8, 4) is 0 Å². The molecule has 0 bridgehead atoms. The predicted octanol–water partition coefficient (Wildman–Crippen LogP) is 4.26. The molecule has 0 saturated carbocycles. The molecule has 1 fully saturated rings. The van der Waals surface area contributed by atoms with E-state index in [0.29, 0.717) is 5.25 Å². The van der Waals surface area contributed by atoms with Crippen molar-refractivity contribution in [2.24, 2.45) is 0 Å². The Morgan fingerprint density at radius 1 is 0.783 bits per heavy atom. The van der Waals surface area contributed by atoms with Crippen molar-refractivity contribution in [3.63, 3.8) is 0 Å². The molecule has 1 saturated heterocycles. The maximum Gasteiger partial charge on any atom is 0.132 e. The standard InChI is InChI=1S/C18H36O4S/c1-5-8-11-20-14-15-16(21-12-9-6-2)17(18(19-4)23-15)22-13-10-7-3/h15-18H,5-14H2,1-4H3/t15-,16-,17+,18?/m1/s1. The quantitative estimate of drug-likeness (QED) is 0.438. The smallest absolute Gasteiger partial charge is 0.132 e. The van der Waals surface area contributed by atoms with Crippen molar-refractivity contribution < 1.29 is 18.9 Å². The summed E-state index contributed by atoms with van der Waals surface area (Å²) in [5.41, 5.74) is 0.0401. The average molecular weight is 349 g/mol. The van der Waals surface area contributed by atoms with Crippen LogP contribution >= 0.6 is 11.8 Å². The molecule has 5 heteroatoms. The molecular weight excluding hydrogens is 312 g/mol. The lowest BCUT2D eigenvalue weighted by Crippen LogP contribution is -2.40. The van der Waals surface area contributed by atoms with Crippen LogP contribution in [0.25, 0.3) is 0 Å². The Kier molecular flexibility index (Phi) is 12.4. The van der Waals surface area contributed by atoms with Crippen LogP contribution in [0.2, 0.25) is 0 Å². The van der Waals surface area contributed by atoms with Gasteiger partial charge in [0.2, 0.25) is 0 Å². The van der Waals surface area contributed by atoms with Crippen molar-refractivity contribution in [1.82, 2.24) is 0 Å². The van der Waals surface area contributed by atoms with E-state index in [1.807, 2.05) is 0 Å². The number of rotatable bonds is 14. The van der Waals surface area contributed by atoms with E-state index in [4.69, 9.17) is 18.9 Å². The zero-order valence-electron chi connectivity index (χ0n) is 15.4. The third-order valence-electron chi connectivity index (χ3n) is 4.04. The van der Waals surface area contributed by atoms with E-state index in [1.165, 1.54) is 0 Å². The fourth-order valence-corrected chi connectivity index (χ4v) is 3.97. The third-order valence-corrected chi connectivity index (χ3v) is 5.52. The van der Waals surface area contributed by atoms with Crippen LogP contribution in [0.1, 0.15) is 59.3 Å². The van der Waals surface area contributed by atoms with Gasteiger partial charge in [-0.3, -0.25) is 0 Å². The second-order valence-electron chi connectivity index (χ2n) is 6.09. The zero-order valence-corrected chi connectivity index (χ0v) is 16.2. The summed E-state index contributed by atoms with van der Waals surface area (Å²) < 4.78 is 23.8. The van der Waals surface area contributed by atoms with E-state index in [2.05, 4.69) is 20.8 Å². The Morgan fingerprint density at radius 2 is 1.35 bits per heavy atom. The summed E-state index contributed by atoms with van der Waals surface area (Å²) in [6.45, 7) is 9.66. The molecule has 1 aliphatic heterocycles. The number of hydrogen-bond donors (Lipinski definition) is 0. The molecule has 0 amide bonds. The van der Waals surface area contributed by atoms with Gasteiger partial charge >= 0.3 is 0 Å². The molecule has 0 aromatic carbocycles.